The molecule has 1 heterocycles. The van der Waals surface area contributed by atoms with E-state index in [9.17, 15) is 0 Å². The Labute approximate surface area is 127 Å². The highest BCUT2D eigenvalue weighted by Gasteiger charge is 2.52. The van der Waals surface area contributed by atoms with Crippen molar-refractivity contribution in [3.63, 3.8) is 0 Å². The molecule has 1 aromatic rings. The Hall–Kier alpha value is -1.35. The van der Waals surface area contributed by atoms with Crippen molar-refractivity contribution in [1.29, 1.82) is 5.26 Å². The summed E-state index contributed by atoms with van der Waals surface area (Å²) < 4.78 is 12.2. The monoisotopic (exact) mass is 286 g/mol. The molecule has 1 saturated heterocycles. The molecule has 0 amide bonds. The Balaban J connectivity index is 2.39. The largest absolute Gasteiger partial charge is 0.495 e. The summed E-state index contributed by atoms with van der Waals surface area (Å²) in [5.41, 5.74) is 2.01. The first-order valence-electron chi connectivity index (χ1n) is 7.19. The van der Waals surface area contributed by atoms with Crippen molar-refractivity contribution in [2.45, 2.75) is 45.4 Å². The van der Waals surface area contributed by atoms with Crippen LogP contribution in [0.1, 0.15) is 38.8 Å². The molecule has 5 heteroatoms. The van der Waals surface area contributed by atoms with Crippen molar-refractivity contribution in [2.75, 3.05) is 14.1 Å². The molecule has 2 rings (SSSR count). The van der Waals surface area contributed by atoms with Crippen LogP contribution in [0.5, 0.6) is 0 Å². The van der Waals surface area contributed by atoms with E-state index in [1.807, 2.05) is 60.0 Å². The summed E-state index contributed by atoms with van der Waals surface area (Å²) in [6.45, 7) is 8.92. The lowest BCUT2D eigenvalue weighted by atomic mass is 9.75. The highest BCUT2D eigenvalue weighted by atomic mass is 16.7. The molecule has 0 spiro atoms. The molecule has 1 aliphatic heterocycles. The topological polar surface area (TPSA) is 45.5 Å². The van der Waals surface area contributed by atoms with E-state index < -0.39 is 7.12 Å². The van der Waals surface area contributed by atoms with Crippen molar-refractivity contribution in [2.24, 2.45) is 0 Å². The fourth-order valence-electron chi connectivity index (χ4n) is 2.35. The second kappa shape index (κ2) is 5.45. The van der Waals surface area contributed by atoms with Crippen molar-refractivity contribution >= 4 is 12.6 Å². The summed E-state index contributed by atoms with van der Waals surface area (Å²) in [5, 5.41) is 9.09. The van der Waals surface area contributed by atoms with E-state index in [1.54, 1.807) is 0 Å². The standard InChI is InChI=1S/C16H23BN2O2/c1-15(2)16(3,4)21-17(20-15)14-8-7-12(10-18)9-13(14)11-19(5)6/h7-9H,11H2,1-6H3. The predicted molar refractivity (Wildman–Crippen MR) is 84.3 cm³/mol. The molecule has 0 aromatic heterocycles. The average Bonchev–Trinajstić information content (AvgIpc) is 2.57. The van der Waals surface area contributed by atoms with Crippen molar-refractivity contribution in [3.8, 4) is 6.07 Å². The molecular weight excluding hydrogens is 263 g/mol. The summed E-state index contributed by atoms with van der Waals surface area (Å²) in [6, 6.07) is 7.87. The molecule has 4 nitrogen and oxygen atoms in total. The quantitative estimate of drug-likeness (QED) is 0.796. The Morgan fingerprint density at radius 2 is 1.71 bits per heavy atom. The SMILES string of the molecule is CN(C)Cc1cc(C#N)ccc1B1OC(C)(C)C(C)(C)O1. The van der Waals surface area contributed by atoms with Crippen LogP contribution in [0.25, 0.3) is 0 Å². The molecule has 112 valence electrons. The van der Waals surface area contributed by atoms with E-state index in [4.69, 9.17) is 14.6 Å². The molecule has 0 N–H and O–H groups in total. The minimum Gasteiger partial charge on any atom is -0.399 e. The molecule has 1 aliphatic rings. The van der Waals surface area contributed by atoms with E-state index >= 15 is 0 Å². The van der Waals surface area contributed by atoms with Gasteiger partial charge in [0, 0.05) is 6.54 Å². The van der Waals surface area contributed by atoms with E-state index in [0.717, 1.165) is 17.6 Å². The van der Waals surface area contributed by atoms with Gasteiger partial charge >= 0.3 is 7.12 Å². The first-order valence-corrected chi connectivity index (χ1v) is 7.19. The smallest absolute Gasteiger partial charge is 0.399 e. The highest BCUT2D eigenvalue weighted by molar-refractivity contribution is 6.62. The summed E-state index contributed by atoms with van der Waals surface area (Å²) in [5.74, 6) is 0. The van der Waals surface area contributed by atoms with E-state index in [-0.39, 0.29) is 11.2 Å². The first-order chi connectivity index (χ1) is 9.66. The minimum absolute atomic E-state index is 0.360. The van der Waals surface area contributed by atoms with Crippen LogP contribution in [0.2, 0.25) is 0 Å². The molecule has 0 radical (unpaired) electrons. The van der Waals surface area contributed by atoms with Gasteiger partial charge < -0.3 is 14.2 Å². The van der Waals surface area contributed by atoms with Crippen LogP contribution in [0.15, 0.2) is 18.2 Å². The van der Waals surface area contributed by atoms with Crippen LogP contribution in [0.3, 0.4) is 0 Å². The van der Waals surface area contributed by atoms with Gasteiger partial charge in [-0.15, -0.1) is 0 Å². The van der Waals surface area contributed by atoms with Gasteiger partial charge in [0.05, 0.1) is 22.8 Å². The number of benzene rings is 1. The van der Waals surface area contributed by atoms with Gasteiger partial charge in [0.15, 0.2) is 0 Å². The van der Waals surface area contributed by atoms with Gasteiger partial charge in [0.25, 0.3) is 0 Å². The number of hydrogen-bond acceptors (Lipinski definition) is 4. The fraction of sp³-hybridized carbons (Fsp3) is 0.562. The molecule has 1 fully saturated rings. The summed E-state index contributed by atoms with van der Waals surface area (Å²) in [6.07, 6.45) is 0. The molecule has 21 heavy (non-hydrogen) atoms. The highest BCUT2D eigenvalue weighted by Crippen LogP contribution is 2.36. The Bertz CT molecular complexity index is 560. The summed E-state index contributed by atoms with van der Waals surface area (Å²) in [4.78, 5) is 2.07. The molecule has 0 aliphatic carbocycles. The van der Waals surface area contributed by atoms with Crippen LogP contribution < -0.4 is 5.46 Å². The second-order valence-corrected chi connectivity index (χ2v) is 6.85. The van der Waals surface area contributed by atoms with Gasteiger partial charge in [0.1, 0.15) is 0 Å². The summed E-state index contributed by atoms with van der Waals surface area (Å²) >= 11 is 0. The normalized spacial score (nSPS) is 19.8. The minimum atomic E-state index is -0.391. The second-order valence-electron chi connectivity index (χ2n) is 6.85. The van der Waals surface area contributed by atoms with E-state index in [2.05, 4.69) is 11.0 Å². The zero-order valence-corrected chi connectivity index (χ0v) is 13.7. The molecule has 0 saturated carbocycles. The van der Waals surface area contributed by atoms with Gasteiger partial charge in [-0.3, -0.25) is 0 Å². The molecule has 0 atom stereocenters. The third-order valence-corrected chi connectivity index (χ3v) is 4.27. The van der Waals surface area contributed by atoms with Crippen LogP contribution in [-0.4, -0.2) is 37.3 Å². The zero-order chi connectivity index (χ0) is 15.8. The van der Waals surface area contributed by atoms with Crippen molar-refractivity contribution in [1.82, 2.24) is 4.90 Å². The number of hydrogen-bond donors (Lipinski definition) is 0. The van der Waals surface area contributed by atoms with Crippen molar-refractivity contribution < 1.29 is 9.31 Å². The Morgan fingerprint density at radius 3 is 2.19 bits per heavy atom. The van der Waals surface area contributed by atoms with Crippen LogP contribution in [0, 0.1) is 11.3 Å². The lowest BCUT2D eigenvalue weighted by molar-refractivity contribution is 0.00578. The number of rotatable bonds is 3. The lowest BCUT2D eigenvalue weighted by Gasteiger charge is -2.32. The number of nitriles is 1. The van der Waals surface area contributed by atoms with Crippen LogP contribution in [0.4, 0.5) is 0 Å². The molecule has 0 unspecified atom stereocenters. The third-order valence-electron chi connectivity index (χ3n) is 4.27. The molecule has 0 bridgehead atoms. The van der Waals surface area contributed by atoms with Crippen LogP contribution >= 0.6 is 0 Å². The van der Waals surface area contributed by atoms with Gasteiger partial charge in [-0.25, -0.2) is 0 Å². The lowest BCUT2D eigenvalue weighted by Crippen LogP contribution is -2.41. The Morgan fingerprint density at radius 1 is 1.14 bits per heavy atom. The van der Waals surface area contributed by atoms with Crippen LogP contribution in [-0.2, 0) is 15.9 Å². The van der Waals surface area contributed by atoms with Crippen molar-refractivity contribution in [3.05, 3.63) is 29.3 Å². The number of nitrogens with zero attached hydrogens (tertiary/aromatic N) is 2. The molecular formula is C16H23BN2O2. The third kappa shape index (κ3) is 3.13. The maximum atomic E-state index is 9.09. The van der Waals surface area contributed by atoms with Gasteiger partial charge in [0.2, 0.25) is 0 Å². The molecule has 1 aromatic carbocycles. The maximum absolute atomic E-state index is 9.09. The maximum Gasteiger partial charge on any atom is 0.495 e. The Kier molecular flexibility index (Phi) is 4.16. The van der Waals surface area contributed by atoms with Gasteiger partial charge in [-0.1, -0.05) is 6.07 Å². The fourth-order valence-corrected chi connectivity index (χ4v) is 2.35. The summed E-state index contributed by atoms with van der Waals surface area (Å²) in [7, 11) is 3.62. The van der Waals surface area contributed by atoms with Gasteiger partial charge in [-0.05, 0) is 64.9 Å². The average molecular weight is 286 g/mol. The first kappa shape index (κ1) is 16.0. The van der Waals surface area contributed by atoms with Gasteiger partial charge in [-0.2, -0.15) is 5.26 Å². The van der Waals surface area contributed by atoms with E-state index in [1.165, 1.54) is 0 Å². The zero-order valence-electron chi connectivity index (χ0n) is 13.7. The predicted octanol–water partition coefficient (Wildman–Crippen LogP) is 1.92. The van der Waals surface area contributed by atoms with E-state index in [0.29, 0.717) is 5.56 Å².